The van der Waals surface area contributed by atoms with Gasteiger partial charge in [-0.25, -0.2) is 4.79 Å². The standard InChI is InChI=1S/C23H37NO2Si/c1-21(2,3)23(22(4,5)6)18-15-12-16-19(24(18)20(25)26-23)27(7,8)17-13-10-9-11-14-17/h9-11,13-14,18-19H,12,15-16H2,1-8H3/t18-,19+/m0/s1. The molecule has 0 aromatic heterocycles. The van der Waals surface area contributed by atoms with Gasteiger partial charge in [-0.05, 0) is 19.3 Å². The van der Waals surface area contributed by atoms with Crippen LogP contribution in [-0.4, -0.2) is 36.4 Å². The van der Waals surface area contributed by atoms with Crippen molar-refractivity contribution in [2.75, 3.05) is 0 Å². The number of carbonyl (C=O) groups is 1. The number of hydrogen-bond donors (Lipinski definition) is 0. The first-order valence-electron chi connectivity index (χ1n) is 10.4. The zero-order valence-electron chi connectivity index (χ0n) is 18.4. The minimum Gasteiger partial charge on any atom is -0.439 e. The molecule has 27 heavy (non-hydrogen) atoms. The van der Waals surface area contributed by atoms with Gasteiger partial charge in [-0.1, -0.05) is 90.2 Å². The highest BCUT2D eigenvalue weighted by Gasteiger charge is 2.67. The number of nitrogens with zero attached hydrogens (tertiary/aromatic N) is 1. The maximum Gasteiger partial charge on any atom is 0.410 e. The van der Waals surface area contributed by atoms with Crippen LogP contribution in [0.5, 0.6) is 0 Å². The van der Waals surface area contributed by atoms with E-state index in [9.17, 15) is 4.79 Å². The van der Waals surface area contributed by atoms with Crippen LogP contribution in [0, 0.1) is 10.8 Å². The molecule has 4 heteroatoms. The van der Waals surface area contributed by atoms with E-state index in [-0.39, 0.29) is 28.6 Å². The molecule has 0 unspecified atom stereocenters. The van der Waals surface area contributed by atoms with Crippen molar-refractivity contribution in [1.82, 2.24) is 4.90 Å². The average molecular weight is 388 g/mol. The van der Waals surface area contributed by atoms with Gasteiger partial charge in [0.05, 0.1) is 6.04 Å². The summed E-state index contributed by atoms with van der Waals surface area (Å²) in [6, 6.07) is 11.0. The quantitative estimate of drug-likeness (QED) is 0.641. The number of cyclic esters (lactones) is 1. The fourth-order valence-corrected chi connectivity index (χ4v) is 9.45. The van der Waals surface area contributed by atoms with Crippen molar-refractivity contribution in [3.63, 3.8) is 0 Å². The molecule has 0 saturated carbocycles. The summed E-state index contributed by atoms with van der Waals surface area (Å²) in [7, 11) is -1.86. The van der Waals surface area contributed by atoms with Gasteiger partial charge in [0.15, 0.2) is 0 Å². The second kappa shape index (κ2) is 6.37. The van der Waals surface area contributed by atoms with E-state index in [0.29, 0.717) is 0 Å². The fourth-order valence-electron chi connectivity index (χ4n) is 6.11. The van der Waals surface area contributed by atoms with Crippen LogP contribution in [0.2, 0.25) is 13.1 Å². The Hall–Kier alpha value is -1.29. The normalized spacial score (nSPS) is 25.9. The number of fused-ring (bicyclic) bond motifs is 1. The number of ether oxygens (including phenoxy) is 1. The van der Waals surface area contributed by atoms with E-state index in [1.54, 1.807) is 0 Å². The van der Waals surface area contributed by atoms with Gasteiger partial charge in [0.25, 0.3) is 0 Å². The second-order valence-corrected chi connectivity index (χ2v) is 15.7. The van der Waals surface area contributed by atoms with Crippen molar-refractivity contribution in [1.29, 1.82) is 0 Å². The number of benzene rings is 1. The molecule has 2 aliphatic heterocycles. The van der Waals surface area contributed by atoms with E-state index in [4.69, 9.17) is 4.74 Å². The minimum atomic E-state index is -1.86. The fraction of sp³-hybridized carbons (Fsp3) is 0.696. The molecule has 2 aliphatic rings. The predicted octanol–water partition coefficient (Wildman–Crippen LogP) is 5.35. The summed E-state index contributed by atoms with van der Waals surface area (Å²) in [4.78, 5) is 15.5. The third kappa shape index (κ3) is 2.95. The predicted molar refractivity (Wildman–Crippen MR) is 115 cm³/mol. The first-order valence-corrected chi connectivity index (χ1v) is 13.5. The lowest BCUT2D eigenvalue weighted by molar-refractivity contribution is -0.136. The van der Waals surface area contributed by atoms with Gasteiger partial charge >= 0.3 is 6.09 Å². The van der Waals surface area contributed by atoms with E-state index in [2.05, 4.69) is 89.9 Å². The Balaban J connectivity index is 2.09. The topological polar surface area (TPSA) is 29.5 Å². The van der Waals surface area contributed by atoms with E-state index in [1.165, 1.54) is 11.6 Å². The van der Waals surface area contributed by atoms with Crippen LogP contribution in [0.4, 0.5) is 4.79 Å². The first kappa shape index (κ1) is 20.4. The summed E-state index contributed by atoms with van der Waals surface area (Å²) in [6.45, 7) is 18.2. The smallest absolute Gasteiger partial charge is 0.410 e. The zero-order valence-corrected chi connectivity index (χ0v) is 19.4. The summed E-state index contributed by atoms with van der Waals surface area (Å²) in [5.74, 6) is 0. The molecule has 0 aliphatic carbocycles. The Bertz CT molecular complexity index is 685. The highest BCUT2D eigenvalue weighted by molar-refractivity contribution is 6.91. The van der Waals surface area contributed by atoms with Crippen molar-refractivity contribution in [3.05, 3.63) is 30.3 Å². The molecule has 1 amide bonds. The highest BCUT2D eigenvalue weighted by Crippen LogP contribution is 2.57. The number of hydrogen-bond acceptors (Lipinski definition) is 2. The lowest BCUT2D eigenvalue weighted by Gasteiger charge is -2.55. The molecule has 3 nitrogen and oxygen atoms in total. The van der Waals surface area contributed by atoms with Crippen LogP contribution in [0.1, 0.15) is 60.8 Å². The summed E-state index contributed by atoms with van der Waals surface area (Å²) in [5, 5.41) is 1.42. The molecule has 1 aromatic carbocycles. The number of amides is 1. The summed E-state index contributed by atoms with van der Waals surface area (Å²) < 4.78 is 6.40. The molecule has 150 valence electrons. The number of rotatable bonds is 2. The Labute approximate surface area is 166 Å². The van der Waals surface area contributed by atoms with Crippen molar-refractivity contribution >= 4 is 19.4 Å². The molecule has 2 heterocycles. The number of carbonyl (C=O) groups excluding carboxylic acids is 1. The van der Waals surface area contributed by atoms with Gasteiger partial charge < -0.3 is 9.64 Å². The van der Waals surface area contributed by atoms with Crippen molar-refractivity contribution in [3.8, 4) is 0 Å². The van der Waals surface area contributed by atoms with Crippen LogP contribution in [0.15, 0.2) is 30.3 Å². The summed E-state index contributed by atoms with van der Waals surface area (Å²) >= 11 is 0. The molecule has 2 fully saturated rings. The lowest BCUT2D eigenvalue weighted by Crippen LogP contribution is -2.68. The molecule has 0 bridgehead atoms. The van der Waals surface area contributed by atoms with E-state index < -0.39 is 13.7 Å². The summed E-state index contributed by atoms with van der Waals surface area (Å²) in [5.41, 5.74) is -0.434. The Morgan fingerprint density at radius 2 is 1.56 bits per heavy atom. The Kier molecular flexibility index (Phi) is 4.82. The third-order valence-electron chi connectivity index (χ3n) is 7.13. The van der Waals surface area contributed by atoms with Gasteiger partial charge in [-0.3, -0.25) is 0 Å². The monoisotopic (exact) mass is 387 g/mol. The largest absolute Gasteiger partial charge is 0.439 e. The third-order valence-corrected chi connectivity index (χ3v) is 11.2. The van der Waals surface area contributed by atoms with Crippen LogP contribution >= 0.6 is 0 Å². The molecular formula is C23H37NO2Si. The van der Waals surface area contributed by atoms with Crippen LogP contribution in [0.25, 0.3) is 0 Å². The van der Waals surface area contributed by atoms with Crippen LogP contribution in [0.3, 0.4) is 0 Å². The molecule has 0 radical (unpaired) electrons. The highest BCUT2D eigenvalue weighted by atomic mass is 28.3. The SMILES string of the molecule is CC(C)(C)C1(C(C)(C)C)OC(=O)N2[C@H]1CCC[C@H]2[Si](C)(C)c1ccccc1. The Morgan fingerprint density at radius 3 is 2.07 bits per heavy atom. The molecule has 0 spiro atoms. The number of piperidine rings is 1. The van der Waals surface area contributed by atoms with E-state index in [1.807, 2.05) is 0 Å². The van der Waals surface area contributed by atoms with Crippen molar-refractivity contribution in [2.45, 2.75) is 91.2 Å². The van der Waals surface area contributed by atoms with Gasteiger partial charge in [0.2, 0.25) is 0 Å². The molecule has 2 atom stereocenters. The minimum absolute atomic E-state index is 0.0916. The summed E-state index contributed by atoms with van der Waals surface area (Å²) in [6.07, 6.45) is 3.20. The average Bonchev–Trinajstić information content (AvgIpc) is 2.89. The lowest BCUT2D eigenvalue weighted by atomic mass is 9.58. The van der Waals surface area contributed by atoms with Crippen molar-refractivity contribution < 1.29 is 9.53 Å². The maximum atomic E-state index is 13.3. The zero-order chi connectivity index (χ0) is 20.3. The van der Waals surface area contributed by atoms with Gasteiger partial charge in [0, 0.05) is 16.5 Å². The van der Waals surface area contributed by atoms with Crippen LogP contribution < -0.4 is 5.19 Å². The van der Waals surface area contributed by atoms with E-state index in [0.717, 1.165) is 12.8 Å². The Morgan fingerprint density at radius 1 is 1.00 bits per heavy atom. The molecule has 2 saturated heterocycles. The molecule has 3 rings (SSSR count). The first-order chi connectivity index (χ1) is 12.3. The van der Waals surface area contributed by atoms with E-state index >= 15 is 0 Å². The maximum absolute atomic E-state index is 13.3. The van der Waals surface area contributed by atoms with Crippen molar-refractivity contribution in [2.24, 2.45) is 10.8 Å². The van der Waals surface area contributed by atoms with Gasteiger partial charge in [-0.15, -0.1) is 0 Å². The second-order valence-electron chi connectivity index (χ2n) is 11.1. The van der Waals surface area contributed by atoms with Gasteiger partial charge in [-0.2, -0.15) is 0 Å². The van der Waals surface area contributed by atoms with Gasteiger partial charge in [0.1, 0.15) is 13.7 Å². The molecular weight excluding hydrogens is 350 g/mol. The van der Waals surface area contributed by atoms with Crippen LogP contribution in [-0.2, 0) is 4.74 Å². The molecule has 0 N–H and O–H groups in total. The molecule has 1 aromatic rings.